The SMILES string of the molecule is N#Cc1cc(C#N)cc(COc2nc(OCc3cccc(-c4cccc(-c5ccc(OCCN6CC7(CCC(=O)C7)C6)cc5)c4Cl)c3Cl)c(Cl)cc2CCC[C@@H](O)CC(=O)O)c1. The standard InChI is InChI=1S/C48H43Cl3N4O7/c49-42-21-34(4-1-6-36(56)22-43(58)59)46(61-26-32-19-30(24-52)18-31(20-32)25-53)54-47(42)62-27-35-5-2-8-40(44(35)50)41-9-3-7-39(45(41)51)33-10-12-38(13-11-33)60-17-16-55-28-48(29-55)15-14-37(57)23-48/h2-3,5,7-13,18-21,36,56H,1,4,6,14-17,22-23,26-29H2,(H,58,59)/t36-/m1/s1. The van der Waals surface area contributed by atoms with E-state index in [1.54, 1.807) is 18.2 Å². The highest BCUT2D eigenvalue weighted by Crippen LogP contribution is 2.44. The van der Waals surface area contributed by atoms with E-state index < -0.39 is 12.1 Å². The maximum absolute atomic E-state index is 11.7. The average Bonchev–Trinajstić information content (AvgIpc) is 3.64. The van der Waals surface area contributed by atoms with Crippen LogP contribution in [-0.4, -0.2) is 64.2 Å². The number of Topliss-reactive ketones (excluding diaryl/α,β-unsaturated/α-hetero) is 1. The van der Waals surface area contributed by atoms with Crippen LogP contribution in [0.15, 0.2) is 84.9 Å². The molecule has 2 fully saturated rings. The minimum atomic E-state index is -1.09. The van der Waals surface area contributed by atoms with Crippen molar-refractivity contribution in [2.75, 3.05) is 26.2 Å². The molecular weight excluding hydrogens is 851 g/mol. The van der Waals surface area contributed by atoms with Gasteiger partial charge < -0.3 is 24.4 Å². The van der Waals surface area contributed by atoms with Crippen LogP contribution in [0.3, 0.4) is 0 Å². The lowest BCUT2D eigenvalue weighted by Crippen LogP contribution is -2.55. The molecule has 1 saturated heterocycles. The summed E-state index contributed by atoms with van der Waals surface area (Å²) in [6.45, 7) is 3.28. The summed E-state index contributed by atoms with van der Waals surface area (Å²) < 4.78 is 18.3. The molecule has 11 nitrogen and oxygen atoms in total. The Labute approximate surface area is 375 Å². The zero-order chi connectivity index (χ0) is 43.8. The molecule has 4 aromatic carbocycles. The Bertz CT molecular complexity index is 2520. The van der Waals surface area contributed by atoms with Gasteiger partial charge in [-0.15, -0.1) is 0 Å². The Balaban J connectivity index is 1.03. The van der Waals surface area contributed by atoms with Crippen LogP contribution in [-0.2, 0) is 29.2 Å². The number of hydrogen-bond acceptors (Lipinski definition) is 10. The van der Waals surface area contributed by atoms with Crippen LogP contribution in [0, 0.1) is 28.1 Å². The van der Waals surface area contributed by atoms with Gasteiger partial charge in [0.15, 0.2) is 0 Å². The Morgan fingerprint density at radius 1 is 0.839 bits per heavy atom. The summed E-state index contributed by atoms with van der Waals surface area (Å²) in [5.41, 5.74) is 5.81. The number of hydrogen-bond donors (Lipinski definition) is 2. The van der Waals surface area contributed by atoms with Crippen molar-refractivity contribution >= 4 is 46.6 Å². The second-order valence-corrected chi connectivity index (χ2v) is 17.0. The first-order chi connectivity index (χ1) is 29.9. The number of benzene rings is 4. The number of ketones is 1. The number of rotatable bonds is 18. The molecule has 1 saturated carbocycles. The minimum absolute atomic E-state index is 0.00756. The molecule has 5 aromatic rings. The number of aliphatic hydroxyl groups excluding tert-OH is 1. The molecule has 1 aliphatic heterocycles. The van der Waals surface area contributed by atoms with Gasteiger partial charge in [-0.2, -0.15) is 15.5 Å². The predicted molar refractivity (Wildman–Crippen MR) is 236 cm³/mol. The zero-order valence-electron chi connectivity index (χ0n) is 33.7. The number of carbonyl (C=O) groups is 2. The first-order valence-corrected chi connectivity index (χ1v) is 21.4. The van der Waals surface area contributed by atoms with Crippen molar-refractivity contribution in [1.29, 1.82) is 10.5 Å². The summed E-state index contributed by atoms with van der Waals surface area (Å²) in [6, 6.07) is 29.6. The van der Waals surface area contributed by atoms with E-state index in [1.807, 2.05) is 72.8 Å². The monoisotopic (exact) mass is 892 g/mol. The van der Waals surface area contributed by atoms with E-state index >= 15 is 0 Å². The summed E-state index contributed by atoms with van der Waals surface area (Å²) in [4.78, 5) is 29.7. The van der Waals surface area contributed by atoms with E-state index in [-0.39, 0.29) is 48.3 Å². The predicted octanol–water partition coefficient (Wildman–Crippen LogP) is 9.87. The van der Waals surface area contributed by atoms with E-state index in [0.29, 0.717) is 68.7 Å². The number of aliphatic hydroxyl groups is 1. The van der Waals surface area contributed by atoms with Gasteiger partial charge in [0.05, 0.1) is 45.8 Å². The molecule has 2 heterocycles. The highest BCUT2D eigenvalue weighted by molar-refractivity contribution is 6.38. The van der Waals surface area contributed by atoms with Gasteiger partial charge in [0.2, 0.25) is 11.8 Å². The average molecular weight is 894 g/mol. The number of halogens is 3. The highest BCUT2D eigenvalue weighted by atomic mass is 35.5. The smallest absolute Gasteiger partial charge is 0.305 e. The molecule has 0 radical (unpaired) electrons. The largest absolute Gasteiger partial charge is 0.492 e. The van der Waals surface area contributed by atoms with Gasteiger partial charge in [0.1, 0.15) is 36.4 Å². The van der Waals surface area contributed by atoms with Crippen molar-refractivity contribution in [3.63, 3.8) is 0 Å². The van der Waals surface area contributed by atoms with Crippen LogP contribution < -0.4 is 14.2 Å². The number of aryl methyl sites for hydroxylation is 1. The van der Waals surface area contributed by atoms with Gasteiger partial charge in [-0.05, 0) is 73.2 Å². The molecule has 1 aromatic heterocycles. The first kappa shape index (κ1) is 44.4. The number of aliphatic carboxylic acids is 1. The molecule has 2 N–H and O–H groups in total. The maximum atomic E-state index is 11.7. The molecule has 0 amide bonds. The van der Waals surface area contributed by atoms with E-state index in [2.05, 4.69) is 9.88 Å². The third kappa shape index (κ3) is 10.9. The van der Waals surface area contributed by atoms with Crippen LogP contribution in [0.1, 0.15) is 66.3 Å². The summed E-state index contributed by atoms with van der Waals surface area (Å²) >= 11 is 20.8. The number of nitriles is 2. The van der Waals surface area contributed by atoms with Crippen LogP contribution in [0.4, 0.5) is 0 Å². The number of carboxylic acids is 1. The lowest BCUT2D eigenvalue weighted by molar-refractivity contribution is -0.139. The minimum Gasteiger partial charge on any atom is -0.492 e. The second kappa shape index (κ2) is 20.0. The van der Waals surface area contributed by atoms with E-state index in [9.17, 15) is 25.2 Å². The number of carbonyl (C=O) groups excluding carboxylic acids is 1. The fraction of sp³-hybridized carbons (Fsp3) is 0.312. The molecule has 0 bridgehead atoms. The quantitative estimate of drug-likeness (QED) is 0.0860. The molecule has 62 heavy (non-hydrogen) atoms. The molecular formula is C48H43Cl3N4O7. The van der Waals surface area contributed by atoms with Crippen LogP contribution in [0.5, 0.6) is 17.5 Å². The van der Waals surface area contributed by atoms with Crippen molar-refractivity contribution in [2.24, 2.45) is 5.41 Å². The van der Waals surface area contributed by atoms with E-state index in [4.69, 9.17) is 54.1 Å². The van der Waals surface area contributed by atoms with Crippen LogP contribution in [0.2, 0.25) is 15.1 Å². The number of nitrogens with zero attached hydrogens (tertiary/aromatic N) is 4. The summed E-state index contributed by atoms with van der Waals surface area (Å²) in [7, 11) is 0. The second-order valence-electron chi connectivity index (χ2n) is 15.8. The van der Waals surface area contributed by atoms with Gasteiger partial charge in [-0.25, -0.2) is 0 Å². The number of carboxylic acid groups (broad SMARTS) is 1. The van der Waals surface area contributed by atoms with Crippen molar-refractivity contribution in [2.45, 2.75) is 64.3 Å². The molecule has 2 aliphatic rings. The third-order valence-electron chi connectivity index (χ3n) is 11.2. The normalized spacial score (nSPS) is 14.8. The summed E-state index contributed by atoms with van der Waals surface area (Å²) in [5, 5.41) is 39.2. The molecule has 14 heteroatoms. The van der Waals surface area contributed by atoms with Crippen molar-refractivity contribution in [3.8, 4) is 51.9 Å². The van der Waals surface area contributed by atoms with Crippen LogP contribution >= 0.6 is 34.8 Å². The number of likely N-dealkylation sites (tertiary alicyclic amines) is 1. The van der Waals surface area contributed by atoms with Crippen molar-refractivity contribution in [3.05, 3.63) is 128 Å². The fourth-order valence-corrected chi connectivity index (χ4v) is 9.00. The van der Waals surface area contributed by atoms with Gasteiger partial charge in [-0.3, -0.25) is 14.5 Å². The highest BCUT2D eigenvalue weighted by Gasteiger charge is 2.47. The topological polar surface area (TPSA) is 166 Å². The Hall–Kier alpha value is -5.66. The number of ether oxygens (including phenoxy) is 3. The van der Waals surface area contributed by atoms with Crippen molar-refractivity contribution < 1.29 is 34.0 Å². The fourth-order valence-electron chi connectivity index (χ4n) is 8.15. The van der Waals surface area contributed by atoms with Gasteiger partial charge in [-0.1, -0.05) is 83.3 Å². The third-order valence-corrected chi connectivity index (χ3v) is 12.3. The number of aromatic nitrogens is 1. The van der Waals surface area contributed by atoms with Crippen LogP contribution in [0.25, 0.3) is 22.3 Å². The Morgan fingerprint density at radius 3 is 2.19 bits per heavy atom. The molecule has 7 rings (SSSR count). The van der Waals surface area contributed by atoms with Gasteiger partial charge in [0.25, 0.3) is 0 Å². The van der Waals surface area contributed by atoms with Gasteiger partial charge in [0, 0.05) is 65.7 Å². The lowest BCUT2D eigenvalue weighted by atomic mass is 9.78. The number of pyridine rings is 1. The maximum Gasteiger partial charge on any atom is 0.305 e. The van der Waals surface area contributed by atoms with E-state index in [0.717, 1.165) is 61.3 Å². The summed E-state index contributed by atoms with van der Waals surface area (Å²) in [5.74, 6) is 0.318. The molecule has 1 atom stereocenters. The molecule has 0 unspecified atom stereocenters. The lowest BCUT2D eigenvalue weighted by Gasteiger charge is -2.47. The summed E-state index contributed by atoms with van der Waals surface area (Å²) in [6.07, 6.45) is 2.06. The Morgan fingerprint density at radius 2 is 1.52 bits per heavy atom. The molecule has 318 valence electrons. The Kier molecular flexibility index (Phi) is 14.3. The van der Waals surface area contributed by atoms with Gasteiger partial charge >= 0.3 is 5.97 Å². The van der Waals surface area contributed by atoms with Crippen molar-refractivity contribution in [1.82, 2.24) is 9.88 Å². The zero-order valence-corrected chi connectivity index (χ0v) is 36.0. The molecule has 1 spiro atoms. The molecule has 1 aliphatic carbocycles. The van der Waals surface area contributed by atoms with E-state index in [1.165, 1.54) is 6.07 Å². The first-order valence-electron chi connectivity index (χ1n) is 20.2.